The van der Waals surface area contributed by atoms with Gasteiger partial charge >= 0.3 is 5.97 Å². The Hall–Kier alpha value is -3.55. The van der Waals surface area contributed by atoms with Crippen molar-refractivity contribution in [2.75, 3.05) is 13.2 Å². The van der Waals surface area contributed by atoms with Crippen LogP contribution in [-0.2, 0) is 22.6 Å². The molecule has 1 aliphatic rings. The Labute approximate surface area is 174 Å². The summed E-state index contributed by atoms with van der Waals surface area (Å²) in [5.41, 5.74) is 2.41. The van der Waals surface area contributed by atoms with Crippen LogP contribution in [0.15, 0.2) is 54.6 Å². The van der Waals surface area contributed by atoms with E-state index in [1.54, 1.807) is 12.1 Å². The molecule has 8 nitrogen and oxygen atoms in total. The van der Waals surface area contributed by atoms with Crippen LogP contribution in [0.5, 0.6) is 0 Å². The number of nitrogens with zero attached hydrogens (tertiary/aromatic N) is 5. The minimum atomic E-state index is -0.365. The van der Waals surface area contributed by atoms with E-state index < -0.39 is 0 Å². The van der Waals surface area contributed by atoms with Gasteiger partial charge in [-0.15, -0.1) is 10.2 Å². The third-order valence-corrected chi connectivity index (χ3v) is 4.95. The lowest BCUT2D eigenvalue weighted by Crippen LogP contribution is -2.23. The van der Waals surface area contributed by atoms with Gasteiger partial charge in [-0.3, -0.25) is 4.79 Å². The number of carbonyl (C=O) groups is 2. The number of amides is 1. The molecule has 1 saturated heterocycles. The number of hydrogen-bond donors (Lipinski definition) is 0. The molecule has 0 spiro atoms. The van der Waals surface area contributed by atoms with Crippen molar-refractivity contribution in [3.63, 3.8) is 0 Å². The largest absolute Gasteiger partial charge is 0.462 e. The number of hydrogen-bond acceptors (Lipinski definition) is 6. The lowest BCUT2D eigenvalue weighted by Gasteiger charge is -2.15. The summed E-state index contributed by atoms with van der Waals surface area (Å²) in [5, 5.41) is 12.4. The zero-order chi connectivity index (χ0) is 20.8. The zero-order valence-electron chi connectivity index (χ0n) is 16.6. The first-order valence-electron chi connectivity index (χ1n) is 10.1. The number of esters is 1. The first-order valence-corrected chi connectivity index (χ1v) is 10.1. The molecule has 0 unspecified atom stereocenters. The average Bonchev–Trinajstić information content (AvgIpc) is 3.41. The van der Waals surface area contributed by atoms with Gasteiger partial charge in [0, 0.05) is 31.5 Å². The van der Waals surface area contributed by atoms with E-state index in [1.807, 2.05) is 47.4 Å². The monoisotopic (exact) mass is 405 g/mol. The molecule has 30 heavy (non-hydrogen) atoms. The van der Waals surface area contributed by atoms with Crippen LogP contribution < -0.4 is 0 Å². The average molecular weight is 405 g/mol. The quantitative estimate of drug-likeness (QED) is 0.423. The van der Waals surface area contributed by atoms with Crippen LogP contribution in [0.1, 0.15) is 35.2 Å². The molecule has 1 aromatic heterocycles. The van der Waals surface area contributed by atoms with Gasteiger partial charge in [0.2, 0.25) is 11.7 Å². The molecule has 2 heterocycles. The van der Waals surface area contributed by atoms with E-state index in [2.05, 4.69) is 15.4 Å². The summed E-state index contributed by atoms with van der Waals surface area (Å²) in [4.78, 5) is 27.3. The van der Waals surface area contributed by atoms with Crippen molar-refractivity contribution in [3.8, 4) is 11.4 Å². The zero-order valence-corrected chi connectivity index (χ0v) is 16.6. The Morgan fingerprint density at radius 3 is 2.60 bits per heavy atom. The maximum atomic E-state index is 12.2. The second-order valence-corrected chi connectivity index (χ2v) is 7.18. The number of aryl methyl sites for hydroxylation is 1. The van der Waals surface area contributed by atoms with Crippen LogP contribution in [0.3, 0.4) is 0 Å². The number of benzene rings is 2. The van der Waals surface area contributed by atoms with E-state index >= 15 is 0 Å². The Kier molecular flexibility index (Phi) is 6.12. The number of tetrazole rings is 1. The number of likely N-dealkylation sites (tertiary alicyclic amines) is 1. The van der Waals surface area contributed by atoms with E-state index in [0.717, 1.165) is 24.1 Å². The highest BCUT2D eigenvalue weighted by atomic mass is 16.5. The van der Waals surface area contributed by atoms with Gasteiger partial charge in [0.25, 0.3) is 0 Å². The maximum absolute atomic E-state index is 12.2. The molecule has 154 valence electrons. The molecule has 1 fully saturated rings. The fraction of sp³-hybridized carbons (Fsp3) is 0.318. The molecule has 1 aliphatic heterocycles. The minimum Gasteiger partial charge on any atom is -0.462 e. The number of ether oxygens (including phenoxy) is 1. The predicted octanol–water partition coefficient (Wildman–Crippen LogP) is 2.71. The van der Waals surface area contributed by atoms with Crippen LogP contribution in [0.2, 0.25) is 0 Å². The minimum absolute atomic E-state index is 0.191. The van der Waals surface area contributed by atoms with E-state index in [0.29, 0.717) is 37.3 Å². The first-order chi connectivity index (χ1) is 14.7. The van der Waals surface area contributed by atoms with Gasteiger partial charge in [-0.25, -0.2) is 4.79 Å². The summed E-state index contributed by atoms with van der Waals surface area (Å²) in [6.45, 7) is 2.17. The molecule has 4 rings (SSSR count). The van der Waals surface area contributed by atoms with E-state index in [-0.39, 0.29) is 18.5 Å². The van der Waals surface area contributed by atoms with Gasteiger partial charge in [-0.05, 0) is 29.3 Å². The molecule has 0 atom stereocenters. The van der Waals surface area contributed by atoms with Crippen molar-refractivity contribution in [2.45, 2.75) is 32.4 Å². The standard InChI is InChI=1S/C22H23N5O3/c28-20-8-4-13-26(20)16-17-9-11-19(12-10-17)22(29)30-15-5-14-27-24-21(23-25-27)18-6-2-1-3-7-18/h1-3,6-7,9-12H,4-5,8,13-16H2. The topological polar surface area (TPSA) is 90.2 Å². The summed E-state index contributed by atoms with van der Waals surface area (Å²) in [5.74, 6) is 0.398. The summed E-state index contributed by atoms with van der Waals surface area (Å²) >= 11 is 0. The van der Waals surface area contributed by atoms with Crippen molar-refractivity contribution in [1.82, 2.24) is 25.1 Å². The fourth-order valence-corrected chi connectivity index (χ4v) is 3.33. The normalized spacial score (nSPS) is 13.6. The van der Waals surface area contributed by atoms with E-state index in [4.69, 9.17) is 4.74 Å². The first kappa shape index (κ1) is 19.8. The SMILES string of the molecule is O=C(OCCCn1nnc(-c2ccccc2)n1)c1ccc(CN2CCCC2=O)cc1. The summed E-state index contributed by atoms with van der Waals surface area (Å²) in [6.07, 6.45) is 2.13. The Morgan fingerprint density at radius 2 is 1.87 bits per heavy atom. The smallest absolute Gasteiger partial charge is 0.338 e. The molecule has 0 bridgehead atoms. The van der Waals surface area contributed by atoms with Gasteiger partial charge < -0.3 is 9.64 Å². The second kappa shape index (κ2) is 9.30. The molecule has 0 aliphatic carbocycles. The summed E-state index contributed by atoms with van der Waals surface area (Å²) < 4.78 is 5.34. The number of rotatable bonds is 8. The van der Waals surface area contributed by atoms with Gasteiger partial charge in [-0.1, -0.05) is 42.5 Å². The molecule has 1 amide bonds. The summed E-state index contributed by atoms with van der Waals surface area (Å²) in [7, 11) is 0. The van der Waals surface area contributed by atoms with Crippen LogP contribution in [0.4, 0.5) is 0 Å². The van der Waals surface area contributed by atoms with E-state index in [1.165, 1.54) is 4.80 Å². The van der Waals surface area contributed by atoms with Crippen molar-refractivity contribution in [2.24, 2.45) is 0 Å². The molecule has 3 aromatic rings. The van der Waals surface area contributed by atoms with Crippen molar-refractivity contribution in [3.05, 3.63) is 65.7 Å². The lowest BCUT2D eigenvalue weighted by molar-refractivity contribution is -0.128. The Bertz CT molecular complexity index is 1000. The van der Waals surface area contributed by atoms with Crippen LogP contribution in [0.25, 0.3) is 11.4 Å². The van der Waals surface area contributed by atoms with Crippen LogP contribution in [0, 0.1) is 0 Å². The second-order valence-electron chi connectivity index (χ2n) is 7.18. The van der Waals surface area contributed by atoms with Crippen molar-refractivity contribution < 1.29 is 14.3 Å². The maximum Gasteiger partial charge on any atom is 0.338 e. The molecule has 8 heteroatoms. The fourth-order valence-electron chi connectivity index (χ4n) is 3.33. The number of carbonyl (C=O) groups excluding carboxylic acids is 2. The van der Waals surface area contributed by atoms with Crippen molar-refractivity contribution >= 4 is 11.9 Å². The highest BCUT2D eigenvalue weighted by Gasteiger charge is 2.20. The van der Waals surface area contributed by atoms with Gasteiger partial charge in [-0.2, -0.15) is 4.80 Å². The Morgan fingerprint density at radius 1 is 1.07 bits per heavy atom. The summed E-state index contributed by atoms with van der Waals surface area (Å²) in [6, 6.07) is 16.9. The molecule has 0 radical (unpaired) electrons. The highest BCUT2D eigenvalue weighted by molar-refractivity contribution is 5.89. The van der Waals surface area contributed by atoms with Gasteiger partial charge in [0.1, 0.15) is 0 Å². The third-order valence-electron chi connectivity index (χ3n) is 4.95. The molecule has 2 aromatic carbocycles. The molecular formula is C22H23N5O3. The van der Waals surface area contributed by atoms with Crippen molar-refractivity contribution in [1.29, 1.82) is 0 Å². The van der Waals surface area contributed by atoms with Crippen LogP contribution >= 0.6 is 0 Å². The van der Waals surface area contributed by atoms with Gasteiger partial charge in [0.05, 0.1) is 18.7 Å². The van der Waals surface area contributed by atoms with E-state index in [9.17, 15) is 9.59 Å². The highest BCUT2D eigenvalue weighted by Crippen LogP contribution is 2.15. The van der Waals surface area contributed by atoms with Gasteiger partial charge in [0.15, 0.2) is 0 Å². The number of aromatic nitrogens is 4. The Balaban J connectivity index is 1.21. The molecular weight excluding hydrogens is 382 g/mol. The predicted molar refractivity (Wildman–Crippen MR) is 109 cm³/mol. The van der Waals surface area contributed by atoms with Crippen LogP contribution in [-0.4, -0.2) is 50.1 Å². The third kappa shape index (κ3) is 4.89. The lowest BCUT2D eigenvalue weighted by atomic mass is 10.1. The molecule has 0 N–H and O–H groups in total. The molecule has 0 saturated carbocycles.